The maximum atomic E-state index is 12.5. The molecule has 0 aliphatic rings. The Kier molecular flexibility index (Phi) is 12.3. The summed E-state index contributed by atoms with van der Waals surface area (Å²) in [5, 5.41) is 13.2. The molecule has 3 unspecified atom stereocenters. The van der Waals surface area contributed by atoms with E-state index in [9.17, 15) is 19.2 Å². The van der Waals surface area contributed by atoms with Crippen LogP contribution in [0.25, 0.3) is 0 Å². The molecule has 5 N–H and O–H groups in total. The molecule has 0 fully saturated rings. The molecule has 5 amide bonds. The number of allylic oxidation sites excluding steroid dienone is 1. The van der Waals surface area contributed by atoms with Crippen molar-refractivity contribution in [2.75, 3.05) is 20.6 Å². The van der Waals surface area contributed by atoms with E-state index in [2.05, 4.69) is 26.6 Å². The zero-order valence-electron chi connectivity index (χ0n) is 17.7. The zero-order chi connectivity index (χ0) is 21.7. The molecule has 0 aromatic rings. The fraction of sp³-hybridized carbons (Fsp3) is 0.684. The Morgan fingerprint density at radius 1 is 0.929 bits per heavy atom. The van der Waals surface area contributed by atoms with Gasteiger partial charge in [-0.25, -0.2) is 4.79 Å². The maximum absolute atomic E-state index is 12.5. The van der Waals surface area contributed by atoms with Crippen LogP contribution in [0, 0.1) is 11.8 Å². The second-order valence-electron chi connectivity index (χ2n) is 6.94. The molecule has 28 heavy (non-hydrogen) atoms. The first-order chi connectivity index (χ1) is 13.2. The van der Waals surface area contributed by atoms with Crippen LogP contribution in [0.1, 0.15) is 40.5 Å². The largest absolute Gasteiger partial charge is 0.359 e. The van der Waals surface area contributed by atoms with Gasteiger partial charge in [-0.3, -0.25) is 14.4 Å². The van der Waals surface area contributed by atoms with Crippen molar-refractivity contribution in [2.24, 2.45) is 11.8 Å². The van der Waals surface area contributed by atoms with E-state index in [0.29, 0.717) is 12.8 Å². The summed E-state index contributed by atoms with van der Waals surface area (Å²) in [6.07, 6.45) is 4.29. The minimum Gasteiger partial charge on any atom is -0.359 e. The highest BCUT2D eigenvalue weighted by Gasteiger charge is 2.25. The fourth-order valence-corrected chi connectivity index (χ4v) is 2.44. The molecule has 0 heterocycles. The third-order valence-electron chi connectivity index (χ3n) is 4.19. The Hall–Kier alpha value is -2.58. The summed E-state index contributed by atoms with van der Waals surface area (Å²) in [6.45, 7) is 7.38. The highest BCUT2D eigenvalue weighted by molar-refractivity contribution is 5.88. The SMILES string of the molecule is CC=CC(CNC(=O)C(NC(=O)NC)C(C)C)C(=O)NC(C)CCC(=O)NC. The van der Waals surface area contributed by atoms with E-state index in [0.717, 1.165) is 0 Å². The standard InChI is InChI=1S/C19H35N5O4/c1-7-8-14(17(26)23-13(4)9-10-15(25)20-5)11-22-18(27)16(12(2)3)24-19(28)21-6/h7-8,12-14,16H,9-11H2,1-6H3,(H,20,25)(H,22,27)(H,23,26)(H2,21,24,28). The number of carbonyl (C=O) groups is 4. The van der Waals surface area contributed by atoms with E-state index < -0.39 is 18.0 Å². The number of urea groups is 1. The van der Waals surface area contributed by atoms with Crippen LogP contribution in [-0.4, -0.2) is 56.5 Å². The van der Waals surface area contributed by atoms with E-state index >= 15 is 0 Å². The molecular weight excluding hydrogens is 362 g/mol. The van der Waals surface area contributed by atoms with Crippen LogP contribution in [-0.2, 0) is 14.4 Å². The first-order valence-corrected chi connectivity index (χ1v) is 9.55. The van der Waals surface area contributed by atoms with Crippen molar-refractivity contribution in [1.82, 2.24) is 26.6 Å². The first kappa shape index (κ1) is 25.4. The number of hydrogen-bond donors (Lipinski definition) is 5. The summed E-state index contributed by atoms with van der Waals surface area (Å²) in [5.41, 5.74) is 0. The first-order valence-electron chi connectivity index (χ1n) is 9.55. The summed E-state index contributed by atoms with van der Waals surface area (Å²) in [5.74, 6) is -1.33. The van der Waals surface area contributed by atoms with Crippen LogP contribution >= 0.6 is 0 Å². The third-order valence-corrected chi connectivity index (χ3v) is 4.19. The van der Waals surface area contributed by atoms with Crippen LogP contribution in [0.15, 0.2) is 12.2 Å². The molecule has 160 valence electrons. The Morgan fingerprint density at radius 3 is 2.07 bits per heavy atom. The van der Waals surface area contributed by atoms with Gasteiger partial charge < -0.3 is 26.6 Å². The van der Waals surface area contributed by atoms with Crippen molar-refractivity contribution in [3.63, 3.8) is 0 Å². The third kappa shape index (κ3) is 9.94. The topological polar surface area (TPSA) is 128 Å². The minimum absolute atomic E-state index is 0.0818. The van der Waals surface area contributed by atoms with Crippen molar-refractivity contribution in [1.29, 1.82) is 0 Å². The zero-order valence-corrected chi connectivity index (χ0v) is 17.7. The van der Waals surface area contributed by atoms with E-state index in [1.165, 1.54) is 7.05 Å². The number of nitrogens with one attached hydrogen (secondary N) is 5. The molecule has 9 nitrogen and oxygen atoms in total. The summed E-state index contributed by atoms with van der Waals surface area (Å²) in [4.78, 5) is 47.8. The van der Waals surface area contributed by atoms with E-state index in [4.69, 9.17) is 0 Å². The van der Waals surface area contributed by atoms with Crippen LogP contribution in [0.5, 0.6) is 0 Å². The molecule has 0 saturated heterocycles. The normalized spacial score (nSPS) is 14.1. The summed E-state index contributed by atoms with van der Waals surface area (Å²) >= 11 is 0. The van der Waals surface area contributed by atoms with Gasteiger partial charge in [0.2, 0.25) is 17.7 Å². The molecule has 0 rings (SSSR count). The van der Waals surface area contributed by atoms with Gasteiger partial charge in [0.1, 0.15) is 6.04 Å². The molecule has 0 spiro atoms. The van der Waals surface area contributed by atoms with Crippen LogP contribution in [0.2, 0.25) is 0 Å². The van der Waals surface area contributed by atoms with Crippen molar-refractivity contribution in [2.45, 2.75) is 52.6 Å². The quantitative estimate of drug-likeness (QED) is 0.321. The van der Waals surface area contributed by atoms with Crippen LogP contribution in [0.3, 0.4) is 0 Å². The number of amides is 5. The van der Waals surface area contributed by atoms with Crippen molar-refractivity contribution in [3.05, 3.63) is 12.2 Å². The molecule has 0 radical (unpaired) electrons. The Bertz CT molecular complexity index is 563. The van der Waals surface area contributed by atoms with Gasteiger partial charge >= 0.3 is 6.03 Å². The second kappa shape index (κ2) is 13.6. The monoisotopic (exact) mass is 397 g/mol. The predicted octanol–water partition coefficient (Wildman–Crippen LogP) is 0.279. The second-order valence-corrected chi connectivity index (χ2v) is 6.94. The van der Waals surface area contributed by atoms with E-state index in [1.54, 1.807) is 26.1 Å². The van der Waals surface area contributed by atoms with Gasteiger partial charge in [0.25, 0.3) is 0 Å². The highest BCUT2D eigenvalue weighted by Crippen LogP contribution is 2.05. The Labute approximate surface area is 167 Å². The van der Waals surface area contributed by atoms with Gasteiger partial charge in [0, 0.05) is 33.1 Å². The van der Waals surface area contributed by atoms with Crippen LogP contribution in [0.4, 0.5) is 4.79 Å². The molecule has 3 atom stereocenters. The molecule has 0 bridgehead atoms. The molecule has 0 aliphatic heterocycles. The van der Waals surface area contributed by atoms with Gasteiger partial charge in [-0.15, -0.1) is 0 Å². The lowest BCUT2D eigenvalue weighted by molar-refractivity contribution is -0.126. The van der Waals surface area contributed by atoms with Gasteiger partial charge in [-0.1, -0.05) is 26.0 Å². The predicted molar refractivity (Wildman–Crippen MR) is 108 cm³/mol. The van der Waals surface area contributed by atoms with Gasteiger partial charge in [0.15, 0.2) is 0 Å². The minimum atomic E-state index is -0.708. The highest BCUT2D eigenvalue weighted by atomic mass is 16.2. The van der Waals surface area contributed by atoms with Crippen molar-refractivity contribution in [3.8, 4) is 0 Å². The lowest BCUT2D eigenvalue weighted by Gasteiger charge is -2.23. The molecule has 0 aromatic heterocycles. The lowest BCUT2D eigenvalue weighted by atomic mass is 10.0. The molecule has 0 aliphatic carbocycles. The summed E-state index contributed by atoms with van der Waals surface area (Å²) in [7, 11) is 3.04. The summed E-state index contributed by atoms with van der Waals surface area (Å²) < 4.78 is 0. The molecule has 0 aromatic carbocycles. The van der Waals surface area contributed by atoms with Crippen molar-refractivity contribution < 1.29 is 19.2 Å². The Morgan fingerprint density at radius 2 is 1.57 bits per heavy atom. The lowest BCUT2D eigenvalue weighted by Crippen LogP contribution is -2.53. The van der Waals surface area contributed by atoms with Crippen LogP contribution < -0.4 is 26.6 Å². The average molecular weight is 398 g/mol. The maximum Gasteiger partial charge on any atom is 0.315 e. The molecular formula is C19H35N5O4. The number of carbonyl (C=O) groups excluding carboxylic acids is 4. The smallest absolute Gasteiger partial charge is 0.315 e. The fourth-order valence-electron chi connectivity index (χ4n) is 2.44. The average Bonchev–Trinajstić information content (AvgIpc) is 2.66. The van der Waals surface area contributed by atoms with Gasteiger partial charge in [-0.05, 0) is 26.2 Å². The van der Waals surface area contributed by atoms with Gasteiger partial charge in [-0.2, -0.15) is 0 Å². The van der Waals surface area contributed by atoms with Crippen molar-refractivity contribution >= 4 is 23.8 Å². The van der Waals surface area contributed by atoms with Gasteiger partial charge in [0.05, 0.1) is 5.92 Å². The Balaban J connectivity index is 4.78. The molecule has 9 heteroatoms. The number of hydrogen-bond acceptors (Lipinski definition) is 4. The molecule has 0 saturated carbocycles. The number of rotatable bonds is 11. The van der Waals surface area contributed by atoms with E-state index in [-0.39, 0.29) is 36.2 Å². The van der Waals surface area contributed by atoms with E-state index in [1.807, 2.05) is 20.8 Å². The summed E-state index contributed by atoms with van der Waals surface area (Å²) in [6, 6.07) is -1.33.